The summed E-state index contributed by atoms with van der Waals surface area (Å²) in [4.78, 5) is 16.6. The molecule has 1 aromatic carbocycles. The van der Waals surface area contributed by atoms with Crippen molar-refractivity contribution in [2.75, 3.05) is 6.54 Å². The first-order valence-electron chi connectivity index (χ1n) is 5.75. The number of aryl methyl sites for hydroxylation is 1. The predicted molar refractivity (Wildman–Crippen MR) is 89.4 cm³/mol. The number of hydrogen-bond donors (Lipinski definition) is 1. The van der Waals surface area contributed by atoms with Gasteiger partial charge in [-0.1, -0.05) is 15.9 Å². The molecule has 2 rings (SSSR count). The first-order valence-corrected chi connectivity index (χ1v) is 8.15. The smallest absolute Gasteiger partial charge is 0.194 e. The van der Waals surface area contributed by atoms with E-state index in [1.807, 2.05) is 19.1 Å². The van der Waals surface area contributed by atoms with Gasteiger partial charge >= 0.3 is 0 Å². The normalized spacial score (nSPS) is 11.2. The van der Waals surface area contributed by atoms with Gasteiger partial charge in [0, 0.05) is 16.3 Å². The second-order valence-corrected chi connectivity index (χ2v) is 7.54. The third kappa shape index (κ3) is 3.77. The highest BCUT2D eigenvalue weighted by atomic mass is 79.9. The first kappa shape index (κ1) is 15.4. The lowest BCUT2D eigenvalue weighted by molar-refractivity contribution is 0.101. The molecule has 2 aromatic rings. The van der Waals surface area contributed by atoms with Gasteiger partial charge in [-0.25, -0.2) is 0 Å². The van der Waals surface area contributed by atoms with Crippen LogP contribution in [-0.4, -0.2) is 23.6 Å². The second kappa shape index (κ2) is 6.65. The maximum absolute atomic E-state index is 11.9. The van der Waals surface area contributed by atoms with Crippen molar-refractivity contribution in [3.8, 4) is 5.75 Å². The summed E-state index contributed by atoms with van der Waals surface area (Å²) in [6.45, 7) is 1.88. The Hall–Kier alpha value is -0.980. The summed E-state index contributed by atoms with van der Waals surface area (Å²) in [5.74, 6) is 0.145. The lowest BCUT2D eigenvalue weighted by Gasteiger charge is -2.03. The molecule has 1 aromatic heterocycles. The third-order valence-corrected chi connectivity index (χ3v) is 4.73. The van der Waals surface area contributed by atoms with Gasteiger partial charge in [-0.15, -0.1) is 11.3 Å². The van der Waals surface area contributed by atoms with E-state index < -0.39 is 0 Å². The monoisotopic (exact) mass is 415 g/mol. The Bertz CT molecular complexity index is 680. The Labute approximate surface area is 137 Å². The van der Waals surface area contributed by atoms with Crippen LogP contribution in [0.15, 0.2) is 37.5 Å². The van der Waals surface area contributed by atoms with Crippen molar-refractivity contribution in [1.82, 2.24) is 0 Å². The van der Waals surface area contributed by atoms with E-state index in [-0.39, 0.29) is 18.1 Å². The van der Waals surface area contributed by atoms with Crippen LogP contribution in [0.3, 0.4) is 0 Å². The molecule has 0 spiro atoms. The molecule has 0 atom stereocenters. The van der Waals surface area contributed by atoms with Crippen molar-refractivity contribution >= 4 is 55.2 Å². The Morgan fingerprint density at radius 2 is 2.15 bits per heavy atom. The molecule has 0 saturated heterocycles. The maximum atomic E-state index is 11.9. The molecule has 0 unspecified atom stereocenters. The van der Waals surface area contributed by atoms with Crippen molar-refractivity contribution < 1.29 is 9.90 Å². The number of nitrogens with zero attached hydrogens (tertiary/aromatic N) is 1. The highest BCUT2D eigenvalue weighted by Crippen LogP contribution is 2.25. The van der Waals surface area contributed by atoms with Crippen molar-refractivity contribution in [3.05, 3.63) is 48.5 Å². The highest BCUT2D eigenvalue weighted by Gasteiger charge is 2.08. The molecule has 104 valence electrons. The fourth-order valence-electron chi connectivity index (χ4n) is 1.63. The summed E-state index contributed by atoms with van der Waals surface area (Å²) in [6.07, 6.45) is 1.52. The van der Waals surface area contributed by atoms with Crippen molar-refractivity contribution in [2.45, 2.75) is 6.92 Å². The van der Waals surface area contributed by atoms with E-state index in [4.69, 9.17) is 0 Å². The van der Waals surface area contributed by atoms with Crippen molar-refractivity contribution in [1.29, 1.82) is 0 Å². The Morgan fingerprint density at radius 1 is 1.40 bits per heavy atom. The predicted octanol–water partition coefficient (Wildman–Crippen LogP) is 4.59. The number of phenolic OH excluding ortho intramolecular Hbond substituents is 1. The summed E-state index contributed by atoms with van der Waals surface area (Å²) in [5.41, 5.74) is 1.35. The van der Waals surface area contributed by atoms with Crippen LogP contribution in [0.4, 0.5) is 0 Å². The quantitative estimate of drug-likeness (QED) is 0.585. The van der Waals surface area contributed by atoms with Crippen LogP contribution in [-0.2, 0) is 0 Å². The molecular formula is C14H11Br2NO2S. The topological polar surface area (TPSA) is 49.7 Å². The number of benzene rings is 1. The molecular weight excluding hydrogens is 406 g/mol. The van der Waals surface area contributed by atoms with Crippen LogP contribution >= 0.6 is 43.2 Å². The third-order valence-electron chi connectivity index (χ3n) is 2.61. The van der Waals surface area contributed by atoms with E-state index in [2.05, 4.69) is 36.9 Å². The zero-order chi connectivity index (χ0) is 14.7. The van der Waals surface area contributed by atoms with E-state index in [1.165, 1.54) is 17.6 Å². The molecule has 6 heteroatoms. The summed E-state index contributed by atoms with van der Waals surface area (Å²) in [7, 11) is 0. The van der Waals surface area contributed by atoms with Gasteiger partial charge in [0.1, 0.15) is 12.3 Å². The number of Topliss-reactive ketones (excluding diaryl/α,β-unsaturated/α-hetero) is 1. The number of thiophene rings is 1. The molecule has 0 saturated carbocycles. The average molecular weight is 417 g/mol. The van der Waals surface area contributed by atoms with Gasteiger partial charge in [0.25, 0.3) is 0 Å². The average Bonchev–Trinajstić information content (AvgIpc) is 2.81. The molecule has 0 fully saturated rings. The fourth-order valence-corrected chi connectivity index (χ4v) is 3.53. The number of phenols is 1. The minimum atomic E-state index is -0.0387. The SMILES string of the molecule is Cc1cc(Br)cc(C=NCC(=O)c2ccc(Br)s2)c1O. The number of aromatic hydroxyl groups is 1. The van der Waals surface area contributed by atoms with E-state index in [9.17, 15) is 9.90 Å². The summed E-state index contributed by atoms with van der Waals surface area (Å²) in [5, 5.41) is 9.91. The number of halogens is 2. The van der Waals surface area contributed by atoms with Gasteiger partial charge in [0.2, 0.25) is 0 Å². The minimum absolute atomic E-state index is 0.0387. The second-order valence-electron chi connectivity index (χ2n) is 4.16. The molecule has 1 heterocycles. The minimum Gasteiger partial charge on any atom is -0.507 e. The number of carbonyl (C=O) groups excluding carboxylic acids is 1. The Morgan fingerprint density at radius 3 is 2.80 bits per heavy atom. The molecule has 1 N–H and O–H groups in total. The van der Waals surface area contributed by atoms with Crippen LogP contribution in [0.2, 0.25) is 0 Å². The largest absolute Gasteiger partial charge is 0.507 e. The summed E-state index contributed by atoms with van der Waals surface area (Å²) >= 11 is 8.07. The molecule has 0 bridgehead atoms. The molecule has 0 aliphatic heterocycles. The molecule has 3 nitrogen and oxygen atoms in total. The molecule has 0 aliphatic carbocycles. The van der Waals surface area contributed by atoms with Crippen LogP contribution in [0.5, 0.6) is 5.75 Å². The molecule has 20 heavy (non-hydrogen) atoms. The summed E-state index contributed by atoms with van der Waals surface area (Å²) < 4.78 is 1.79. The van der Waals surface area contributed by atoms with Crippen molar-refractivity contribution in [2.24, 2.45) is 4.99 Å². The van der Waals surface area contributed by atoms with Gasteiger partial charge < -0.3 is 5.11 Å². The van der Waals surface area contributed by atoms with Crippen LogP contribution in [0, 0.1) is 6.92 Å². The number of aliphatic imine (C=N–C) groups is 1. The summed E-state index contributed by atoms with van der Waals surface area (Å²) in [6, 6.07) is 7.19. The van der Waals surface area contributed by atoms with Gasteiger partial charge in [0.15, 0.2) is 5.78 Å². The zero-order valence-electron chi connectivity index (χ0n) is 10.6. The van der Waals surface area contributed by atoms with Gasteiger partial charge in [-0.05, 0) is 52.7 Å². The van der Waals surface area contributed by atoms with Gasteiger partial charge in [-0.2, -0.15) is 0 Å². The van der Waals surface area contributed by atoms with E-state index in [0.717, 1.165) is 13.8 Å². The van der Waals surface area contributed by atoms with E-state index in [1.54, 1.807) is 12.1 Å². The molecule has 0 amide bonds. The number of rotatable bonds is 4. The van der Waals surface area contributed by atoms with Crippen LogP contribution in [0.25, 0.3) is 0 Å². The highest BCUT2D eigenvalue weighted by molar-refractivity contribution is 9.11. The fraction of sp³-hybridized carbons (Fsp3) is 0.143. The lowest BCUT2D eigenvalue weighted by atomic mass is 10.1. The number of carbonyl (C=O) groups is 1. The Kier molecular flexibility index (Phi) is 5.12. The van der Waals surface area contributed by atoms with Crippen molar-refractivity contribution in [3.63, 3.8) is 0 Å². The zero-order valence-corrected chi connectivity index (χ0v) is 14.5. The standard InChI is InChI=1S/C14H11Br2NO2S/c1-8-4-10(15)5-9(14(8)19)6-17-7-11(18)12-2-3-13(16)20-12/h2-6,19H,7H2,1H3. The van der Waals surface area contributed by atoms with Crippen LogP contribution in [0.1, 0.15) is 20.8 Å². The number of hydrogen-bond acceptors (Lipinski definition) is 4. The Balaban J connectivity index is 2.09. The van der Waals surface area contributed by atoms with E-state index >= 15 is 0 Å². The lowest BCUT2D eigenvalue weighted by Crippen LogP contribution is -2.01. The first-order chi connectivity index (χ1) is 9.47. The number of ketones is 1. The molecule has 0 aliphatic rings. The van der Waals surface area contributed by atoms with Crippen LogP contribution < -0.4 is 0 Å². The molecule has 0 radical (unpaired) electrons. The maximum Gasteiger partial charge on any atom is 0.194 e. The van der Waals surface area contributed by atoms with Gasteiger partial charge in [0.05, 0.1) is 8.66 Å². The van der Waals surface area contributed by atoms with Gasteiger partial charge in [-0.3, -0.25) is 9.79 Å². The van der Waals surface area contributed by atoms with E-state index in [0.29, 0.717) is 10.4 Å².